The Morgan fingerprint density at radius 2 is 1.71 bits per heavy atom. The molecule has 31 heavy (non-hydrogen) atoms. The van der Waals surface area contributed by atoms with E-state index in [4.69, 9.17) is 4.99 Å². The zero-order valence-corrected chi connectivity index (χ0v) is 17.9. The van der Waals surface area contributed by atoms with Crippen LogP contribution in [0.3, 0.4) is 0 Å². The Hall–Kier alpha value is -3.73. The molecule has 0 bridgehead atoms. The van der Waals surface area contributed by atoms with Gasteiger partial charge in [0.2, 0.25) is 5.91 Å². The van der Waals surface area contributed by atoms with E-state index in [0.29, 0.717) is 5.69 Å². The SMILES string of the molecule is Cc1ccc(NC(=O)CN2C(=O)[C@@H](C)N=C(c3ccccc3)c3ccccc32)c(C)c1. The van der Waals surface area contributed by atoms with Gasteiger partial charge in [0.25, 0.3) is 5.91 Å². The molecular weight excluding hydrogens is 386 g/mol. The highest BCUT2D eigenvalue weighted by atomic mass is 16.2. The largest absolute Gasteiger partial charge is 0.324 e. The molecule has 0 fully saturated rings. The van der Waals surface area contributed by atoms with Crippen molar-refractivity contribution in [3.05, 3.63) is 95.1 Å². The monoisotopic (exact) mass is 411 g/mol. The van der Waals surface area contributed by atoms with Crippen molar-refractivity contribution in [1.82, 2.24) is 0 Å². The predicted octanol–water partition coefficient (Wildman–Crippen LogP) is 4.51. The van der Waals surface area contributed by atoms with Crippen LogP contribution in [0.4, 0.5) is 11.4 Å². The summed E-state index contributed by atoms with van der Waals surface area (Å²) in [5.74, 6) is -0.445. The van der Waals surface area contributed by atoms with E-state index < -0.39 is 6.04 Å². The molecule has 0 saturated heterocycles. The van der Waals surface area contributed by atoms with Gasteiger partial charge in [0.05, 0.1) is 11.4 Å². The molecule has 0 unspecified atom stereocenters. The number of benzodiazepines with no additional fused rings is 1. The fourth-order valence-corrected chi connectivity index (χ4v) is 3.85. The summed E-state index contributed by atoms with van der Waals surface area (Å²) >= 11 is 0. The molecule has 0 saturated carbocycles. The lowest BCUT2D eigenvalue weighted by molar-refractivity contribution is -0.122. The molecule has 4 rings (SSSR count). The normalized spacial score (nSPS) is 15.7. The van der Waals surface area contributed by atoms with Gasteiger partial charge < -0.3 is 10.2 Å². The number of hydrogen-bond donors (Lipinski definition) is 1. The highest BCUT2D eigenvalue weighted by Gasteiger charge is 2.30. The number of hydrogen-bond acceptors (Lipinski definition) is 3. The number of aryl methyl sites for hydroxylation is 2. The summed E-state index contributed by atoms with van der Waals surface area (Å²) in [6.07, 6.45) is 0. The van der Waals surface area contributed by atoms with Crippen LogP contribution in [0.15, 0.2) is 77.8 Å². The van der Waals surface area contributed by atoms with E-state index in [9.17, 15) is 9.59 Å². The zero-order valence-electron chi connectivity index (χ0n) is 17.9. The van der Waals surface area contributed by atoms with Gasteiger partial charge in [-0.1, -0.05) is 66.2 Å². The molecule has 3 aromatic carbocycles. The first-order valence-electron chi connectivity index (χ1n) is 10.3. The molecule has 156 valence electrons. The average molecular weight is 412 g/mol. The number of fused-ring (bicyclic) bond motifs is 1. The van der Waals surface area contributed by atoms with Gasteiger partial charge in [0.1, 0.15) is 12.6 Å². The molecular formula is C26H25N3O2. The molecule has 1 atom stereocenters. The Morgan fingerprint density at radius 1 is 1.00 bits per heavy atom. The van der Waals surface area contributed by atoms with Crippen LogP contribution >= 0.6 is 0 Å². The molecule has 5 heteroatoms. The first-order chi connectivity index (χ1) is 14.9. The average Bonchev–Trinajstić information content (AvgIpc) is 2.87. The molecule has 2 amide bonds. The van der Waals surface area contributed by atoms with Crippen molar-refractivity contribution in [1.29, 1.82) is 0 Å². The van der Waals surface area contributed by atoms with Crippen molar-refractivity contribution >= 4 is 28.9 Å². The van der Waals surface area contributed by atoms with Crippen molar-refractivity contribution in [2.75, 3.05) is 16.8 Å². The smallest absolute Gasteiger partial charge is 0.252 e. The number of nitrogens with one attached hydrogen (secondary N) is 1. The summed E-state index contributed by atoms with van der Waals surface area (Å²) in [5.41, 5.74) is 6.09. The fourth-order valence-electron chi connectivity index (χ4n) is 3.85. The minimum absolute atomic E-state index is 0.0783. The minimum atomic E-state index is -0.600. The molecule has 0 spiro atoms. The van der Waals surface area contributed by atoms with Crippen LogP contribution in [0.25, 0.3) is 0 Å². The van der Waals surface area contributed by atoms with E-state index in [1.54, 1.807) is 6.92 Å². The molecule has 0 aromatic heterocycles. The molecule has 5 nitrogen and oxygen atoms in total. The standard InChI is InChI=1S/C26H25N3O2/c1-17-13-14-22(18(2)15-17)28-24(30)16-29-23-12-8-7-11-21(23)25(27-19(3)26(29)31)20-9-5-4-6-10-20/h4-15,19H,16H2,1-3H3,(H,28,30)/t19-/m1/s1. The van der Waals surface area contributed by atoms with Crippen LogP contribution in [0.1, 0.15) is 29.2 Å². The molecule has 1 aliphatic rings. The number of aliphatic imine (C=N–C) groups is 1. The van der Waals surface area contributed by atoms with E-state index in [0.717, 1.165) is 33.7 Å². The van der Waals surface area contributed by atoms with E-state index in [-0.39, 0.29) is 18.4 Å². The third-order valence-corrected chi connectivity index (χ3v) is 5.40. The van der Waals surface area contributed by atoms with Gasteiger partial charge in [0.15, 0.2) is 0 Å². The highest BCUT2D eigenvalue weighted by Crippen LogP contribution is 2.28. The Morgan fingerprint density at radius 3 is 2.45 bits per heavy atom. The maximum Gasteiger partial charge on any atom is 0.252 e. The third-order valence-electron chi connectivity index (χ3n) is 5.40. The predicted molar refractivity (Wildman–Crippen MR) is 125 cm³/mol. The summed E-state index contributed by atoms with van der Waals surface area (Å²) in [6, 6.07) is 22.7. The van der Waals surface area contributed by atoms with Crippen molar-refractivity contribution in [3.8, 4) is 0 Å². The van der Waals surface area contributed by atoms with Crippen LogP contribution in [0, 0.1) is 13.8 Å². The lowest BCUT2D eigenvalue weighted by Crippen LogP contribution is -2.42. The van der Waals surface area contributed by atoms with Crippen LogP contribution in [-0.2, 0) is 9.59 Å². The van der Waals surface area contributed by atoms with E-state index >= 15 is 0 Å². The number of para-hydroxylation sites is 1. The third kappa shape index (κ3) is 4.26. The summed E-state index contributed by atoms with van der Waals surface area (Å²) in [4.78, 5) is 32.4. The number of benzene rings is 3. The van der Waals surface area contributed by atoms with Crippen molar-refractivity contribution in [2.45, 2.75) is 26.8 Å². The first kappa shape index (κ1) is 20.5. The summed E-state index contributed by atoms with van der Waals surface area (Å²) in [5, 5.41) is 2.94. The molecule has 1 heterocycles. The topological polar surface area (TPSA) is 61.8 Å². The Balaban J connectivity index is 1.67. The second-order valence-corrected chi connectivity index (χ2v) is 7.83. The summed E-state index contributed by atoms with van der Waals surface area (Å²) in [6.45, 7) is 5.66. The van der Waals surface area contributed by atoms with E-state index in [1.807, 2.05) is 86.6 Å². The van der Waals surface area contributed by atoms with Crippen molar-refractivity contribution < 1.29 is 9.59 Å². The second kappa shape index (κ2) is 8.56. The van der Waals surface area contributed by atoms with Crippen LogP contribution < -0.4 is 10.2 Å². The Bertz CT molecular complexity index is 1170. The Kier molecular flexibility index (Phi) is 5.67. The number of rotatable bonds is 4. The summed E-state index contributed by atoms with van der Waals surface area (Å²) < 4.78 is 0. The molecule has 0 aliphatic carbocycles. The van der Waals surface area contributed by atoms with Gasteiger partial charge in [-0.05, 0) is 38.5 Å². The van der Waals surface area contributed by atoms with Gasteiger partial charge >= 0.3 is 0 Å². The molecule has 1 N–H and O–H groups in total. The maximum atomic E-state index is 13.2. The van der Waals surface area contributed by atoms with Gasteiger partial charge in [0, 0.05) is 16.8 Å². The maximum absolute atomic E-state index is 13.2. The lowest BCUT2D eigenvalue weighted by Gasteiger charge is -2.24. The van der Waals surface area contributed by atoms with Crippen LogP contribution in [-0.4, -0.2) is 30.1 Å². The molecule has 3 aromatic rings. The number of amides is 2. The van der Waals surface area contributed by atoms with Gasteiger partial charge in [-0.2, -0.15) is 0 Å². The number of nitrogens with zero attached hydrogens (tertiary/aromatic N) is 2. The summed E-state index contributed by atoms with van der Waals surface area (Å²) in [7, 11) is 0. The van der Waals surface area contributed by atoms with Gasteiger partial charge in [-0.15, -0.1) is 0 Å². The molecule has 1 aliphatic heterocycles. The number of anilines is 2. The van der Waals surface area contributed by atoms with Crippen LogP contribution in [0.5, 0.6) is 0 Å². The van der Waals surface area contributed by atoms with E-state index in [1.165, 1.54) is 4.90 Å². The second-order valence-electron chi connectivity index (χ2n) is 7.83. The highest BCUT2D eigenvalue weighted by molar-refractivity contribution is 6.20. The van der Waals surface area contributed by atoms with Gasteiger partial charge in [-0.3, -0.25) is 14.6 Å². The van der Waals surface area contributed by atoms with Gasteiger partial charge in [-0.25, -0.2) is 0 Å². The fraction of sp³-hybridized carbons (Fsp3) is 0.192. The van der Waals surface area contributed by atoms with Crippen LogP contribution in [0.2, 0.25) is 0 Å². The lowest BCUT2D eigenvalue weighted by atomic mass is 10.0. The quantitative estimate of drug-likeness (QED) is 0.686. The van der Waals surface area contributed by atoms with Crippen molar-refractivity contribution in [2.24, 2.45) is 4.99 Å². The zero-order chi connectivity index (χ0) is 22.0. The minimum Gasteiger partial charge on any atom is -0.324 e. The number of carbonyl (C=O) groups excluding carboxylic acids is 2. The molecule has 0 radical (unpaired) electrons. The number of carbonyl (C=O) groups is 2. The Labute approximate surface area is 182 Å². The van der Waals surface area contributed by atoms with E-state index in [2.05, 4.69) is 5.32 Å². The first-order valence-corrected chi connectivity index (χ1v) is 10.3. The van der Waals surface area contributed by atoms with Crippen molar-refractivity contribution in [3.63, 3.8) is 0 Å².